The van der Waals surface area contributed by atoms with E-state index in [1.165, 1.54) is 39.7 Å². The summed E-state index contributed by atoms with van der Waals surface area (Å²) in [5.41, 5.74) is 2.36. The molecule has 6 heteroatoms. The molecule has 0 spiro atoms. The summed E-state index contributed by atoms with van der Waals surface area (Å²) in [5, 5.41) is 8.91. The number of fused-ring (bicyclic) bond motifs is 2. The van der Waals surface area contributed by atoms with Crippen molar-refractivity contribution in [1.29, 1.82) is 0 Å². The molecule has 0 aromatic heterocycles. The van der Waals surface area contributed by atoms with Gasteiger partial charge in [-0.1, -0.05) is 20.8 Å². The van der Waals surface area contributed by atoms with E-state index in [9.17, 15) is 4.79 Å². The van der Waals surface area contributed by atoms with Gasteiger partial charge in [-0.25, -0.2) is 0 Å². The molecule has 0 amide bonds. The lowest BCUT2D eigenvalue weighted by Gasteiger charge is -2.34. The fraction of sp³-hybridized carbons (Fsp3) is 0.571. The first kappa shape index (κ1) is 19.4. The van der Waals surface area contributed by atoms with Gasteiger partial charge in [0.05, 0.1) is 20.4 Å². The number of hydrogen-bond donors (Lipinski definition) is 0. The minimum atomic E-state index is -0.438. The summed E-state index contributed by atoms with van der Waals surface area (Å²) in [6.07, 6.45) is 5.16. The summed E-state index contributed by atoms with van der Waals surface area (Å²) >= 11 is 0. The number of hydrogen-bond acceptors (Lipinski definition) is 6. The normalized spacial score (nSPS) is 27.3. The Labute approximate surface area is 160 Å². The SMILES string of the molecule is COc1cc(/C=N\N=C2\C[C@@H]3CC[C@@]2(C)C3(C)C)cc(OC)c1OC(C)=O. The smallest absolute Gasteiger partial charge is 0.308 e. The van der Waals surface area contributed by atoms with Crippen LogP contribution in [0.4, 0.5) is 0 Å². The maximum Gasteiger partial charge on any atom is 0.308 e. The highest BCUT2D eigenvalue weighted by Crippen LogP contribution is 2.64. The molecule has 2 aliphatic carbocycles. The van der Waals surface area contributed by atoms with Crippen LogP contribution < -0.4 is 14.2 Å². The zero-order valence-electron chi connectivity index (χ0n) is 17.0. The number of benzene rings is 1. The van der Waals surface area contributed by atoms with E-state index in [1.54, 1.807) is 18.3 Å². The average molecular weight is 372 g/mol. The van der Waals surface area contributed by atoms with Crippen LogP contribution in [0.1, 0.15) is 52.5 Å². The molecule has 2 fully saturated rings. The van der Waals surface area contributed by atoms with Gasteiger partial charge >= 0.3 is 5.97 Å². The molecule has 0 aliphatic heterocycles. The van der Waals surface area contributed by atoms with Crippen LogP contribution in [0.25, 0.3) is 0 Å². The van der Waals surface area contributed by atoms with Crippen molar-refractivity contribution in [2.45, 2.75) is 47.0 Å². The van der Waals surface area contributed by atoms with Crippen LogP contribution in [0.15, 0.2) is 22.3 Å². The second-order valence-electron chi connectivity index (χ2n) is 8.13. The van der Waals surface area contributed by atoms with Crippen molar-refractivity contribution in [2.24, 2.45) is 27.0 Å². The molecule has 1 aromatic rings. The van der Waals surface area contributed by atoms with Gasteiger partial charge in [-0.15, -0.1) is 0 Å². The third-order valence-electron chi connectivity index (χ3n) is 6.63. The molecule has 0 radical (unpaired) electrons. The van der Waals surface area contributed by atoms with E-state index < -0.39 is 5.97 Å². The second-order valence-corrected chi connectivity index (χ2v) is 8.13. The fourth-order valence-electron chi connectivity index (χ4n) is 4.46. The first-order valence-electron chi connectivity index (χ1n) is 9.27. The van der Waals surface area contributed by atoms with Gasteiger partial charge in [0.1, 0.15) is 0 Å². The minimum Gasteiger partial charge on any atom is -0.493 e. The lowest BCUT2D eigenvalue weighted by atomic mass is 9.70. The van der Waals surface area contributed by atoms with Gasteiger partial charge in [-0.3, -0.25) is 4.79 Å². The number of methoxy groups -OCH3 is 2. The molecule has 0 heterocycles. The summed E-state index contributed by atoms with van der Waals surface area (Å²) in [7, 11) is 3.03. The summed E-state index contributed by atoms with van der Waals surface area (Å²) < 4.78 is 15.9. The Kier molecular flexibility index (Phi) is 5.02. The molecule has 0 unspecified atom stereocenters. The molecule has 1 aromatic carbocycles. The Morgan fingerprint density at radius 1 is 1.19 bits per heavy atom. The van der Waals surface area contributed by atoms with E-state index in [-0.39, 0.29) is 16.6 Å². The van der Waals surface area contributed by atoms with Crippen molar-refractivity contribution < 1.29 is 19.0 Å². The highest BCUT2D eigenvalue weighted by molar-refractivity contribution is 5.95. The molecular formula is C21H28N2O4. The zero-order valence-corrected chi connectivity index (χ0v) is 17.0. The van der Waals surface area contributed by atoms with Crippen molar-refractivity contribution >= 4 is 17.9 Å². The second kappa shape index (κ2) is 6.98. The number of rotatable bonds is 5. The predicted molar refractivity (Wildman–Crippen MR) is 105 cm³/mol. The number of carbonyl (C=O) groups excluding carboxylic acids is 1. The molecule has 0 N–H and O–H groups in total. The van der Waals surface area contributed by atoms with Crippen molar-refractivity contribution in [3.63, 3.8) is 0 Å². The first-order chi connectivity index (χ1) is 12.7. The largest absolute Gasteiger partial charge is 0.493 e. The van der Waals surface area contributed by atoms with Crippen LogP contribution in [-0.2, 0) is 4.79 Å². The molecule has 6 nitrogen and oxygen atoms in total. The Balaban J connectivity index is 1.87. The van der Waals surface area contributed by atoms with E-state index in [4.69, 9.17) is 14.2 Å². The van der Waals surface area contributed by atoms with Crippen molar-refractivity contribution in [2.75, 3.05) is 14.2 Å². The summed E-state index contributed by atoms with van der Waals surface area (Å²) in [6, 6.07) is 3.49. The van der Waals surface area contributed by atoms with Gasteiger partial charge < -0.3 is 14.2 Å². The first-order valence-corrected chi connectivity index (χ1v) is 9.27. The van der Waals surface area contributed by atoms with Gasteiger partial charge in [-0.2, -0.15) is 10.2 Å². The zero-order chi connectivity index (χ0) is 19.8. The van der Waals surface area contributed by atoms with Crippen LogP contribution in [0.3, 0.4) is 0 Å². The van der Waals surface area contributed by atoms with Gasteiger partial charge in [0.25, 0.3) is 0 Å². The molecular weight excluding hydrogens is 344 g/mol. The highest BCUT2D eigenvalue weighted by Gasteiger charge is 2.59. The molecule has 146 valence electrons. The molecule has 27 heavy (non-hydrogen) atoms. The van der Waals surface area contributed by atoms with Crippen LogP contribution in [0, 0.1) is 16.7 Å². The third-order valence-corrected chi connectivity index (χ3v) is 6.63. The summed E-state index contributed by atoms with van der Waals surface area (Å²) in [6.45, 7) is 8.34. The quantitative estimate of drug-likeness (QED) is 0.335. The van der Waals surface area contributed by atoms with Crippen LogP contribution in [0.5, 0.6) is 17.2 Å². The van der Waals surface area contributed by atoms with E-state index >= 15 is 0 Å². The van der Waals surface area contributed by atoms with Gasteiger partial charge in [0.15, 0.2) is 11.5 Å². The van der Waals surface area contributed by atoms with Crippen molar-refractivity contribution in [3.05, 3.63) is 17.7 Å². The Morgan fingerprint density at radius 3 is 2.26 bits per heavy atom. The van der Waals surface area contributed by atoms with E-state index in [0.717, 1.165) is 12.0 Å². The van der Waals surface area contributed by atoms with Crippen LogP contribution >= 0.6 is 0 Å². The molecule has 2 atom stereocenters. The van der Waals surface area contributed by atoms with Gasteiger partial charge in [-0.05, 0) is 42.7 Å². The Morgan fingerprint density at radius 2 is 1.81 bits per heavy atom. The Hall–Kier alpha value is -2.37. The minimum absolute atomic E-state index is 0.129. The standard InChI is InChI=1S/C21H28N2O4/c1-13(24)27-19-16(25-5)9-14(10-17(19)26-6)12-22-23-18-11-15-7-8-21(18,4)20(15,2)3/h9-10,12,15H,7-8,11H2,1-6H3/b22-12-,23-18-/t15-,21+/m0/s1. The maximum absolute atomic E-state index is 11.3. The third kappa shape index (κ3) is 3.22. The van der Waals surface area contributed by atoms with Crippen molar-refractivity contribution in [3.8, 4) is 17.2 Å². The van der Waals surface area contributed by atoms with Crippen LogP contribution in [-0.4, -0.2) is 32.1 Å². The van der Waals surface area contributed by atoms with Gasteiger partial charge in [0, 0.05) is 23.6 Å². The van der Waals surface area contributed by atoms with E-state index in [1.807, 2.05) is 0 Å². The lowest BCUT2D eigenvalue weighted by Crippen LogP contribution is -2.32. The number of carbonyl (C=O) groups is 1. The monoisotopic (exact) mass is 372 g/mol. The highest BCUT2D eigenvalue weighted by atomic mass is 16.6. The molecule has 0 saturated heterocycles. The molecule has 3 rings (SSSR count). The number of ether oxygens (including phenoxy) is 3. The molecule has 2 aliphatic rings. The van der Waals surface area contributed by atoms with Gasteiger partial charge in [0.2, 0.25) is 5.75 Å². The van der Waals surface area contributed by atoms with Crippen LogP contribution in [0.2, 0.25) is 0 Å². The van der Waals surface area contributed by atoms with E-state index in [2.05, 4.69) is 31.0 Å². The lowest BCUT2D eigenvalue weighted by molar-refractivity contribution is -0.132. The summed E-state index contributed by atoms with van der Waals surface area (Å²) in [4.78, 5) is 11.3. The molecule has 2 saturated carbocycles. The van der Waals surface area contributed by atoms with E-state index in [0.29, 0.717) is 17.4 Å². The maximum atomic E-state index is 11.3. The Bertz CT molecular complexity index is 787. The average Bonchev–Trinajstić information content (AvgIpc) is 2.95. The van der Waals surface area contributed by atoms with Crippen molar-refractivity contribution in [1.82, 2.24) is 0 Å². The summed E-state index contributed by atoms with van der Waals surface area (Å²) in [5.74, 6) is 1.34. The predicted octanol–water partition coefficient (Wildman–Crippen LogP) is 4.25. The topological polar surface area (TPSA) is 69.5 Å². The number of esters is 1. The number of nitrogens with zero attached hydrogens (tertiary/aromatic N) is 2. The molecule has 2 bridgehead atoms. The fourth-order valence-corrected chi connectivity index (χ4v) is 4.46.